The summed E-state index contributed by atoms with van der Waals surface area (Å²) in [4.78, 5) is 12.1. The van der Waals surface area contributed by atoms with E-state index in [4.69, 9.17) is 26.8 Å². The van der Waals surface area contributed by atoms with E-state index in [2.05, 4.69) is 5.32 Å². The molecular weight excluding hydrogens is 268 g/mol. The summed E-state index contributed by atoms with van der Waals surface area (Å²) in [5.41, 5.74) is 6.08. The van der Waals surface area contributed by atoms with E-state index in [1.165, 1.54) is 0 Å². The highest BCUT2D eigenvalue weighted by molar-refractivity contribution is 6.34. The van der Waals surface area contributed by atoms with E-state index in [0.717, 1.165) is 6.42 Å². The zero-order valence-corrected chi connectivity index (χ0v) is 11.5. The third-order valence-electron chi connectivity index (χ3n) is 3.31. The Bertz CT molecular complexity index is 473. The quantitative estimate of drug-likeness (QED) is 0.821. The molecule has 0 aromatic heterocycles. The Morgan fingerprint density at radius 1 is 1.63 bits per heavy atom. The van der Waals surface area contributed by atoms with Gasteiger partial charge in [-0.15, -0.1) is 0 Å². The average molecular weight is 285 g/mol. The van der Waals surface area contributed by atoms with Crippen LogP contribution in [0.3, 0.4) is 0 Å². The summed E-state index contributed by atoms with van der Waals surface area (Å²) in [7, 11) is 1.62. The van der Waals surface area contributed by atoms with E-state index in [0.29, 0.717) is 36.0 Å². The number of nitrogen functional groups attached to an aromatic ring is 1. The van der Waals surface area contributed by atoms with Crippen molar-refractivity contribution in [3.05, 3.63) is 28.8 Å². The van der Waals surface area contributed by atoms with Crippen LogP contribution in [0.15, 0.2) is 18.2 Å². The second kappa shape index (κ2) is 5.77. The first-order valence-corrected chi connectivity index (χ1v) is 6.40. The Kier molecular flexibility index (Phi) is 4.29. The molecule has 1 fully saturated rings. The lowest BCUT2D eigenvalue weighted by atomic mass is 10.0. The summed E-state index contributed by atoms with van der Waals surface area (Å²) < 4.78 is 10.8. The zero-order valence-electron chi connectivity index (χ0n) is 10.7. The van der Waals surface area contributed by atoms with Crippen molar-refractivity contribution in [2.24, 2.45) is 0 Å². The minimum atomic E-state index is -0.442. The molecule has 0 bridgehead atoms. The maximum absolute atomic E-state index is 12.1. The van der Waals surface area contributed by atoms with Crippen molar-refractivity contribution in [1.29, 1.82) is 0 Å². The number of nitrogens with one attached hydrogen (secondary N) is 1. The SMILES string of the molecule is COC1(CNC(=O)c2cc(N)ccc2Cl)CCOC1. The molecule has 6 heteroatoms. The number of halogens is 1. The molecule has 1 aromatic rings. The Morgan fingerprint density at radius 3 is 3.05 bits per heavy atom. The minimum Gasteiger partial charge on any atom is -0.399 e. The van der Waals surface area contributed by atoms with E-state index in [1.807, 2.05) is 0 Å². The van der Waals surface area contributed by atoms with Crippen molar-refractivity contribution in [2.45, 2.75) is 12.0 Å². The van der Waals surface area contributed by atoms with Crippen LogP contribution in [0.5, 0.6) is 0 Å². The minimum absolute atomic E-state index is 0.263. The second-order valence-corrected chi connectivity index (χ2v) is 5.02. The van der Waals surface area contributed by atoms with Crippen molar-refractivity contribution in [3.8, 4) is 0 Å². The molecule has 0 aliphatic carbocycles. The number of hydrogen-bond donors (Lipinski definition) is 2. The van der Waals surface area contributed by atoms with Gasteiger partial charge in [0.2, 0.25) is 0 Å². The summed E-state index contributed by atoms with van der Waals surface area (Å²) in [6, 6.07) is 4.82. The summed E-state index contributed by atoms with van der Waals surface area (Å²) >= 11 is 5.98. The number of rotatable bonds is 4. The lowest BCUT2D eigenvalue weighted by molar-refractivity contribution is -0.0148. The highest BCUT2D eigenvalue weighted by Crippen LogP contribution is 2.22. The van der Waals surface area contributed by atoms with Gasteiger partial charge in [-0.25, -0.2) is 0 Å². The van der Waals surface area contributed by atoms with Crippen molar-refractivity contribution in [3.63, 3.8) is 0 Å². The Labute approximate surface area is 117 Å². The predicted octanol–water partition coefficient (Wildman–Crippen LogP) is 1.46. The highest BCUT2D eigenvalue weighted by Gasteiger charge is 2.35. The van der Waals surface area contributed by atoms with Crippen molar-refractivity contribution in [2.75, 3.05) is 32.6 Å². The summed E-state index contributed by atoms with van der Waals surface area (Å²) in [5.74, 6) is -0.263. The number of ether oxygens (including phenoxy) is 2. The molecule has 19 heavy (non-hydrogen) atoms. The molecule has 1 amide bonds. The fourth-order valence-corrected chi connectivity index (χ4v) is 2.22. The van der Waals surface area contributed by atoms with E-state index in [-0.39, 0.29) is 5.91 Å². The van der Waals surface area contributed by atoms with Crippen LogP contribution in [0.4, 0.5) is 5.69 Å². The molecule has 3 N–H and O–H groups in total. The first-order valence-electron chi connectivity index (χ1n) is 6.02. The molecule has 5 nitrogen and oxygen atoms in total. The lowest BCUT2D eigenvalue weighted by Gasteiger charge is -2.25. The van der Waals surface area contributed by atoms with Gasteiger partial charge >= 0.3 is 0 Å². The molecule has 1 aliphatic heterocycles. The van der Waals surface area contributed by atoms with Crippen LogP contribution in [0, 0.1) is 0 Å². The third kappa shape index (κ3) is 3.18. The number of anilines is 1. The number of carbonyl (C=O) groups is 1. The first kappa shape index (κ1) is 14.1. The smallest absolute Gasteiger partial charge is 0.252 e. The molecule has 1 heterocycles. The molecule has 0 spiro atoms. The van der Waals surface area contributed by atoms with E-state index < -0.39 is 5.60 Å². The molecular formula is C13H17ClN2O3. The number of amides is 1. The van der Waals surface area contributed by atoms with Crippen molar-refractivity contribution >= 4 is 23.2 Å². The van der Waals surface area contributed by atoms with Gasteiger partial charge in [-0.3, -0.25) is 4.79 Å². The number of benzene rings is 1. The topological polar surface area (TPSA) is 73.6 Å². The average Bonchev–Trinajstić information content (AvgIpc) is 2.88. The Hall–Kier alpha value is -1.30. The maximum Gasteiger partial charge on any atom is 0.252 e. The third-order valence-corrected chi connectivity index (χ3v) is 3.64. The first-order chi connectivity index (χ1) is 9.06. The summed E-state index contributed by atoms with van der Waals surface area (Å²) in [6.07, 6.45) is 0.758. The van der Waals surface area contributed by atoms with Gasteiger partial charge in [-0.1, -0.05) is 11.6 Å². The van der Waals surface area contributed by atoms with Gasteiger partial charge in [0.1, 0.15) is 5.60 Å². The molecule has 1 unspecified atom stereocenters. The zero-order chi connectivity index (χ0) is 13.9. The van der Waals surface area contributed by atoms with Gasteiger partial charge in [0.05, 0.1) is 17.2 Å². The molecule has 1 aliphatic rings. The van der Waals surface area contributed by atoms with Gasteiger partial charge in [0.25, 0.3) is 5.91 Å². The van der Waals surface area contributed by atoms with Crippen LogP contribution < -0.4 is 11.1 Å². The number of nitrogens with two attached hydrogens (primary N) is 1. The fraction of sp³-hybridized carbons (Fsp3) is 0.462. The van der Waals surface area contributed by atoms with Crippen LogP contribution >= 0.6 is 11.6 Å². The molecule has 1 saturated heterocycles. The van der Waals surface area contributed by atoms with Gasteiger partial charge in [-0.2, -0.15) is 0 Å². The van der Waals surface area contributed by atoms with Crippen molar-refractivity contribution in [1.82, 2.24) is 5.32 Å². The normalized spacial score (nSPS) is 22.4. The van der Waals surface area contributed by atoms with Crippen LogP contribution in [-0.4, -0.2) is 38.4 Å². The van der Waals surface area contributed by atoms with E-state index in [9.17, 15) is 4.79 Å². The molecule has 104 valence electrons. The lowest BCUT2D eigenvalue weighted by Crippen LogP contribution is -2.45. The van der Waals surface area contributed by atoms with Crippen LogP contribution in [0.1, 0.15) is 16.8 Å². The number of hydrogen-bond acceptors (Lipinski definition) is 4. The molecule has 1 atom stereocenters. The van der Waals surface area contributed by atoms with Gasteiger partial charge < -0.3 is 20.5 Å². The molecule has 1 aromatic carbocycles. The van der Waals surface area contributed by atoms with Gasteiger partial charge in [-0.05, 0) is 18.2 Å². The maximum atomic E-state index is 12.1. The number of carbonyl (C=O) groups excluding carboxylic acids is 1. The molecule has 0 saturated carbocycles. The van der Waals surface area contributed by atoms with Crippen LogP contribution in [-0.2, 0) is 9.47 Å². The van der Waals surface area contributed by atoms with Gasteiger partial charge in [0, 0.05) is 32.4 Å². The number of methoxy groups -OCH3 is 1. The van der Waals surface area contributed by atoms with Crippen molar-refractivity contribution < 1.29 is 14.3 Å². The molecule has 2 rings (SSSR count). The monoisotopic (exact) mass is 284 g/mol. The Morgan fingerprint density at radius 2 is 2.42 bits per heavy atom. The van der Waals surface area contributed by atoms with Crippen LogP contribution in [0.25, 0.3) is 0 Å². The second-order valence-electron chi connectivity index (χ2n) is 4.61. The fourth-order valence-electron chi connectivity index (χ4n) is 2.01. The summed E-state index contributed by atoms with van der Waals surface area (Å²) in [6.45, 7) is 1.50. The van der Waals surface area contributed by atoms with Gasteiger partial charge in [0.15, 0.2) is 0 Å². The largest absolute Gasteiger partial charge is 0.399 e. The standard InChI is InChI=1S/C13H17ClN2O3/c1-18-13(4-5-19-8-13)7-16-12(17)10-6-9(15)2-3-11(10)14/h2-3,6H,4-5,7-8,15H2,1H3,(H,16,17). The highest BCUT2D eigenvalue weighted by atomic mass is 35.5. The summed E-state index contributed by atoms with van der Waals surface area (Å²) in [5, 5.41) is 3.19. The predicted molar refractivity (Wildman–Crippen MR) is 73.4 cm³/mol. The molecule has 0 radical (unpaired) electrons. The van der Waals surface area contributed by atoms with E-state index in [1.54, 1.807) is 25.3 Å². The Balaban J connectivity index is 2.03. The van der Waals surface area contributed by atoms with Crippen LogP contribution in [0.2, 0.25) is 5.02 Å². The van der Waals surface area contributed by atoms with E-state index >= 15 is 0 Å².